The van der Waals surface area contributed by atoms with Crippen molar-refractivity contribution in [2.75, 3.05) is 29.1 Å². The van der Waals surface area contributed by atoms with E-state index in [1.54, 1.807) is 48.1 Å². The first-order valence-electron chi connectivity index (χ1n) is 14.2. The average Bonchev–Trinajstić information content (AvgIpc) is 3.33. The molecule has 5 rings (SSSR count). The zero-order valence-corrected chi connectivity index (χ0v) is 27.3. The number of aryl methyl sites for hydroxylation is 1. The molecule has 0 fully saturated rings. The van der Waals surface area contributed by atoms with Crippen molar-refractivity contribution in [1.29, 1.82) is 0 Å². The van der Waals surface area contributed by atoms with Crippen LogP contribution in [0.5, 0.6) is 17.4 Å². The molecular weight excluding hydrogens is 608 g/mol. The number of aromatic carboxylic acids is 1. The Morgan fingerprint density at radius 3 is 2.39 bits per heavy atom. The fourth-order valence-corrected chi connectivity index (χ4v) is 5.18. The summed E-state index contributed by atoms with van der Waals surface area (Å²) in [6.45, 7) is 6.68. The summed E-state index contributed by atoms with van der Waals surface area (Å²) in [6.07, 6.45) is 2.70. The molecule has 0 saturated carbocycles. The first-order valence-corrected chi connectivity index (χ1v) is 16.1. The predicted octanol–water partition coefficient (Wildman–Crippen LogP) is 6.02. The highest BCUT2D eigenvalue weighted by Gasteiger charge is 2.20. The van der Waals surface area contributed by atoms with Crippen LogP contribution in [-0.4, -0.2) is 47.4 Å². The highest BCUT2D eigenvalue weighted by Crippen LogP contribution is 2.37. The molecule has 5 aromatic rings. The number of para-hydroxylation sites is 1. The Labute approximate surface area is 268 Å². The summed E-state index contributed by atoms with van der Waals surface area (Å²) in [4.78, 5) is 20.0. The second kappa shape index (κ2) is 13.8. The Morgan fingerprint density at radius 1 is 1.04 bits per heavy atom. The van der Waals surface area contributed by atoms with Gasteiger partial charge in [-0.3, -0.25) is 4.72 Å². The maximum atomic E-state index is 11.4. The third kappa shape index (κ3) is 8.45. The highest BCUT2D eigenvalue weighted by molar-refractivity contribution is 7.92. The van der Waals surface area contributed by atoms with E-state index in [0.717, 1.165) is 22.8 Å². The molecule has 3 aromatic carbocycles. The molecule has 12 nitrogen and oxygen atoms in total. The van der Waals surface area contributed by atoms with Gasteiger partial charge in [0.05, 0.1) is 30.3 Å². The van der Waals surface area contributed by atoms with Crippen molar-refractivity contribution in [2.45, 2.75) is 32.7 Å². The first-order chi connectivity index (χ1) is 21.7. The van der Waals surface area contributed by atoms with Crippen LogP contribution in [0.2, 0.25) is 0 Å². The van der Waals surface area contributed by atoms with Gasteiger partial charge in [0, 0.05) is 31.2 Å². The van der Waals surface area contributed by atoms with Crippen LogP contribution in [0.1, 0.15) is 42.4 Å². The second-order valence-corrected chi connectivity index (χ2v) is 13.3. The molecule has 0 amide bonds. The van der Waals surface area contributed by atoms with Crippen molar-refractivity contribution in [3.05, 3.63) is 95.8 Å². The summed E-state index contributed by atoms with van der Waals surface area (Å²) < 4.78 is 37.8. The number of nitrogens with one attached hydrogen (secondary N) is 2. The van der Waals surface area contributed by atoms with Crippen molar-refractivity contribution >= 4 is 44.2 Å². The molecule has 0 unspecified atom stereocenters. The Kier molecular flexibility index (Phi) is 10.1. The third-order valence-corrected chi connectivity index (χ3v) is 7.45. The monoisotopic (exact) mass is 646 g/mol. The number of carbonyl (C=O) groups is 1. The number of ether oxygens (including phenoxy) is 2. The van der Waals surface area contributed by atoms with Crippen LogP contribution in [-0.2, 0) is 29.0 Å². The average molecular weight is 647 g/mol. The maximum absolute atomic E-state index is 11.4. The van der Waals surface area contributed by atoms with Crippen LogP contribution in [0.3, 0.4) is 0 Å². The number of rotatable bonds is 9. The quantitative estimate of drug-likeness (QED) is 0.139. The number of hydrogen-bond acceptors (Lipinski definition) is 9. The lowest BCUT2D eigenvalue weighted by atomic mass is 9.86. The van der Waals surface area contributed by atoms with Gasteiger partial charge in [-0.05, 0) is 40.8 Å². The lowest BCUT2D eigenvalue weighted by Crippen LogP contribution is -2.15. The van der Waals surface area contributed by atoms with Gasteiger partial charge in [-0.2, -0.15) is 4.98 Å². The number of fused-ring (bicyclic) bond motifs is 1. The molecule has 242 valence electrons. The largest absolute Gasteiger partial charge is 0.492 e. The van der Waals surface area contributed by atoms with Crippen LogP contribution in [0.4, 0.5) is 17.3 Å². The molecule has 2 heterocycles. The van der Waals surface area contributed by atoms with Crippen molar-refractivity contribution in [1.82, 2.24) is 14.5 Å². The maximum Gasteiger partial charge on any atom is 0.352 e. The van der Waals surface area contributed by atoms with Gasteiger partial charge in [0.1, 0.15) is 5.69 Å². The molecule has 0 saturated heterocycles. The summed E-state index contributed by atoms with van der Waals surface area (Å²) in [5, 5.41) is 13.3. The van der Waals surface area contributed by atoms with Crippen molar-refractivity contribution in [2.24, 2.45) is 7.05 Å². The zero-order valence-electron chi connectivity index (χ0n) is 26.5. The molecule has 0 radical (unpaired) electrons. The Hall–Kier alpha value is -5.30. The van der Waals surface area contributed by atoms with Gasteiger partial charge in [0.2, 0.25) is 21.9 Å². The van der Waals surface area contributed by atoms with E-state index < -0.39 is 16.0 Å². The fourth-order valence-electron chi connectivity index (χ4n) is 4.63. The number of benzene rings is 3. The topological polar surface area (TPSA) is 171 Å². The number of sulfonamides is 1. The molecule has 0 bridgehead atoms. The van der Waals surface area contributed by atoms with Gasteiger partial charge in [0.15, 0.2) is 11.5 Å². The number of aromatic nitrogens is 3. The summed E-state index contributed by atoms with van der Waals surface area (Å²) in [7, 11) is -0.220. The van der Waals surface area contributed by atoms with Crippen molar-refractivity contribution in [3.63, 3.8) is 0 Å². The Morgan fingerprint density at radius 2 is 1.76 bits per heavy atom. The van der Waals surface area contributed by atoms with Gasteiger partial charge in [-0.1, -0.05) is 63.2 Å². The first kappa shape index (κ1) is 33.6. The molecule has 2 aromatic heterocycles. The van der Waals surface area contributed by atoms with E-state index in [2.05, 4.69) is 20.0 Å². The molecule has 5 N–H and O–H groups in total. The highest BCUT2D eigenvalue weighted by atomic mass is 32.2. The van der Waals surface area contributed by atoms with E-state index in [4.69, 9.17) is 15.2 Å². The molecule has 0 aliphatic heterocycles. The van der Waals surface area contributed by atoms with E-state index in [-0.39, 0.29) is 11.1 Å². The summed E-state index contributed by atoms with van der Waals surface area (Å²) >= 11 is 0. The number of hydrogen-bond donors (Lipinski definition) is 4. The number of anilines is 3. The number of nitrogen functional groups attached to an aromatic ring is 1. The zero-order chi connectivity index (χ0) is 33.6. The Balaban J connectivity index is 0.000000232. The molecule has 0 aliphatic rings. The number of carboxylic acid groups (broad SMARTS) is 1. The molecule has 13 heteroatoms. The number of nitrogens with two attached hydrogens (primary N) is 1. The Bertz CT molecular complexity index is 1950. The smallest absolute Gasteiger partial charge is 0.352 e. The number of methoxy groups -OCH3 is 1. The predicted molar refractivity (Wildman–Crippen MR) is 180 cm³/mol. The van der Waals surface area contributed by atoms with E-state index >= 15 is 0 Å². The van der Waals surface area contributed by atoms with Crippen molar-refractivity contribution in [3.8, 4) is 17.4 Å². The number of nitrogens with zero attached hydrogens (tertiary/aromatic N) is 3. The van der Waals surface area contributed by atoms with E-state index in [1.807, 2.05) is 63.2 Å². The van der Waals surface area contributed by atoms with Crippen LogP contribution in [0.25, 0.3) is 10.9 Å². The van der Waals surface area contributed by atoms with Gasteiger partial charge >= 0.3 is 5.97 Å². The molecule has 46 heavy (non-hydrogen) atoms. The van der Waals surface area contributed by atoms with Gasteiger partial charge < -0.3 is 30.2 Å². The number of carboxylic acids is 1. The van der Waals surface area contributed by atoms with Crippen LogP contribution in [0.15, 0.2) is 79.0 Å². The molecule has 0 atom stereocenters. The lowest BCUT2D eigenvalue weighted by Gasteiger charge is -2.22. The van der Waals surface area contributed by atoms with Crippen LogP contribution >= 0.6 is 0 Å². The van der Waals surface area contributed by atoms with E-state index in [9.17, 15) is 18.3 Å². The molecule has 0 aliphatic carbocycles. The fraction of sp³-hybridized carbons (Fsp3) is 0.242. The van der Waals surface area contributed by atoms with E-state index in [1.165, 1.54) is 7.11 Å². The van der Waals surface area contributed by atoms with Gasteiger partial charge in [-0.25, -0.2) is 18.2 Å². The normalized spacial score (nSPS) is 11.3. The molecular formula is C33H38N6O6S. The third-order valence-electron chi connectivity index (χ3n) is 6.86. The summed E-state index contributed by atoms with van der Waals surface area (Å²) in [5.74, 6) is 0.704. The van der Waals surface area contributed by atoms with Gasteiger partial charge in [0.25, 0.3) is 0 Å². The standard InChI is InChI=1S/C21H18N4O3.C12H20N2O3S/c1-25-16(20(26)27)12-15-8-5-9-17(19(15)25)28-18-10-11-22-21(24-18)23-13-14-6-3-2-4-7-14;1-12(2,3)8-6-9(13)11(17-4)10(7-8)14-18(5,15)16/h2-12H,13H2,1H3,(H,26,27)(H,22,23,24);6-7,14H,13H2,1-5H3. The SMILES string of the molecule is COc1c(N)cc(C(C)(C)C)cc1NS(C)(=O)=O.Cn1c(C(=O)O)cc2cccc(Oc3ccnc(NCc4ccccc4)n3)c21. The summed E-state index contributed by atoms with van der Waals surface area (Å²) in [5.41, 5.74) is 9.48. The minimum atomic E-state index is -3.37. The van der Waals surface area contributed by atoms with Gasteiger partial charge in [-0.15, -0.1) is 0 Å². The van der Waals surface area contributed by atoms with Crippen LogP contribution in [0, 0.1) is 0 Å². The van der Waals surface area contributed by atoms with Crippen LogP contribution < -0.4 is 25.2 Å². The minimum absolute atomic E-state index is 0.131. The second-order valence-electron chi connectivity index (χ2n) is 11.5. The van der Waals surface area contributed by atoms with Crippen molar-refractivity contribution < 1.29 is 27.8 Å². The van der Waals surface area contributed by atoms with E-state index in [0.29, 0.717) is 46.8 Å². The lowest BCUT2D eigenvalue weighted by molar-refractivity contribution is 0.0687. The minimum Gasteiger partial charge on any atom is -0.492 e. The summed E-state index contributed by atoms with van der Waals surface area (Å²) in [6, 6.07) is 22.2. The molecule has 0 spiro atoms.